The van der Waals surface area contributed by atoms with Crippen molar-refractivity contribution in [2.24, 2.45) is 0 Å². The van der Waals surface area contributed by atoms with Gasteiger partial charge in [0.2, 0.25) is 5.95 Å². The number of nitrogen functional groups attached to an aromatic ring is 1. The first kappa shape index (κ1) is 11.6. The van der Waals surface area contributed by atoms with E-state index in [-0.39, 0.29) is 16.4 Å². The van der Waals surface area contributed by atoms with E-state index in [1.165, 1.54) is 4.57 Å². The summed E-state index contributed by atoms with van der Waals surface area (Å²) in [6.45, 7) is 4.28. The highest BCUT2D eigenvalue weighted by molar-refractivity contribution is 7.16. The average molecular weight is 252 g/mol. The summed E-state index contributed by atoms with van der Waals surface area (Å²) < 4.78 is 1.75. The minimum Gasteiger partial charge on any atom is -0.369 e. The number of hydrogen-bond donors (Lipinski definition) is 2. The summed E-state index contributed by atoms with van der Waals surface area (Å²) >= 11 is 0.882. The molecule has 0 saturated carbocycles. The molecule has 2 aromatic heterocycles. The van der Waals surface area contributed by atoms with Crippen molar-refractivity contribution >= 4 is 27.6 Å². The molecule has 2 heterocycles. The van der Waals surface area contributed by atoms with Gasteiger partial charge in [-0.3, -0.25) is 19.1 Å². The lowest BCUT2D eigenvalue weighted by Gasteiger charge is -1.99. The number of allylic oxidation sites excluding steroid dienone is 2. The summed E-state index contributed by atoms with van der Waals surface area (Å²) in [6, 6.07) is 0. The van der Waals surface area contributed by atoms with Crippen LogP contribution in [-0.4, -0.2) is 14.5 Å². The van der Waals surface area contributed by atoms with E-state index in [9.17, 15) is 9.59 Å². The third-order valence-electron chi connectivity index (χ3n) is 2.22. The molecule has 0 aliphatic carbocycles. The fourth-order valence-electron chi connectivity index (χ4n) is 1.41. The number of aromatic nitrogens is 3. The largest absolute Gasteiger partial charge is 0.369 e. The molecule has 0 aliphatic heterocycles. The summed E-state index contributed by atoms with van der Waals surface area (Å²) in [7, 11) is 0. The van der Waals surface area contributed by atoms with Crippen molar-refractivity contribution in [3.8, 4) is 0 Å². The van der Waals surface area contributed by atoms with Crippen LogP contribution in [0, 0.1) is 0 Å². The van der Waals surface area contributed by atoms with Gasteiger partial charge in [-0.05, 0) is 13.8 Å². The van der Waals surface area contributed by atoms with Crippen molar-refractivity contribution in [1.29, 1.82) is 0 Å². The first-order valence-corrected chi connectivity index (χ1v) is 5.83. The quantitative estimate of drug-likeness (QED) is 0.769. The summed E-state index contributed by atoms with van der Waals surface area (Å²) in [5.74, 6) is 0.0197. The molecule has 0 spiro atoms. The molecule has 0 aromatic carbocycles. The monoisotopic (exact) mass is 252 g/mol. The van der Waals surface area contributed by atoms with E-state index in [2.05, 4.69) is 9.97 Å². The standard InChI is InChI=1S/C10H12N4O2S/c1-5(2)3-4-14-7-6(17-10(14)16)8(15)13-9(11)12-7/h3H,4H2,1-2H3,(H3,11,12,13,15). The van der Waals surface area contributed by atoms with Crippen molar-refractivity contribution < 1.29 is 0 Å². The Hall–Kier alpha value is -1.89. The number of thiazole rings is 1. The highest BCUT2D eigenvalue weighted by atomic mass is 32.1. The zero-order chi connectivity index (χ0) is 12.6. The average Bonchev–Trinajstić information content (AvgIpc) is 2.52. The third kappa shape index (κ3) is 2.14. The normalized spacial score (nSPS) is 10.7. The highest BCUT2D eigenvalue weighted by Crippen LogP contribution is 2.11. The molecule has 0 amide bonds. The second-order valence-electron chi connectivity index (χ2n) is 3.86. The maximum atomic E-state index is 11.7. The number of nitrogens with one attached hydrogen (secondary N) is 1. The Bertz CT molecular complexity index is 703. The molecule has 3 N–H and O–H groups in total. The Morgan fingerprint density at radius 2 is 2.24 bits per heavy atom. The van der Waals surface area contributed by atoms with Crippen LogP contribution in [0.25, 0.3) is 10.3 Å². The lowest BCUT2D eigenvalue weighted by molar-refractivity contribution is 0.820. The molecular formula is C10H12N4O2S. The number of nitrogens with two attached hydrogens (primary N) is 1. The second-order valence-corrected chi connectivity index (χ2v) is 4.83. The lowest BCUT2D eigenvalue weighted by atomic mass is 10.3. The second kappa shape index (κ2) is 4.17. The molecule has 0 unspecified atom stereocenters. The highest BCUT2D eigenvalue weighted by Gasteiger charge is 2.11. The zero-order valence-electron chi connectivity index (χ0n) is 9.48. The fourth-order valence-corrected chi connectivity index (χ4v) is 2.24. The summed E-state index contributed by atoms with van der Waals surface area (Å²) in [6.07, 6.45) is 1.90. The first-order chi connectivity index (χ1) is 7.99. The first-order valence-electron chi connectivity index (χ1n) is 5.01. The molecule has 0 atom stereocenters. The maximum Gasteiger partial charge on any atom is 0.309 e. The molecule has 6 nitrogen and oxygen atoms in total. The fraction of sp³-hybridized carbons (Fsp3) is 0.300. The Labute approximate surface area is 100 Å². The van der Waals surface area contributed by atoms with Gasteiger partial charge in [-0.1, -0.05) is 23.0 Å². The molecular weight excluding hydrogens is 240 g/mol. The van der Waals surface area contributed by atoms with E-state index in [1.807, 2.05) is 19.9 Å². The molecule has 90 valence electrons. The minimum atomic E-state index is -0.370. The van der Waals surface area contributed by atoms with Crippen molar-refractivity contribution in [1.82, 2.24) is 14.5 Å². The van der Waals surface area contributed by atoms with Crippen LogP contribution in [0.4, 0.5) is 5.95 Å². The molecule has 0 aliphatic rings. The summed E-state index contributed by atoms with van der Waals surface area (Å²) in [5, 5.41) is 0. The Kier molecular flexibility index (Phi) is 2.84. The summed E-state index contributed by atoms with van der Waals surface area (Å²) in [4.78, 5) is 29.5. The number of nitrogens with zero attached hydrogens (tertiary/aromatic N) is 2. The number of aromatic amines is 1. The number of rotatable bonds is 2. The van der Waals surface area contributed by atoms with Gasteiger partial charge in [0.15, 0.2) is 5.65 Å². The topological polar surface area (TPSA) is 93.8 Å². The van der Waals surface area contributed by atoms with E-state index in [0.29, 0.717) is 16.9 Å². The molecule has 2 rings (SSSR count). The maximum absolute atomic E-state index is 11.7. The lowest BCUT2D eigenvalue weighted by Crippen LogP contribution is -2.15. The van der Waals surface area contributed by atoms with Gasteiger partial charge < -0.3 is 5.73 Å². The van der Waals surface area contributed by atoms with E-state index < -0.39 is 0 Å². The Morgan fingerprint density at radius 1 is 1.53 bits per heavy atom. The van der Waals surface area contributed by atoms with Gasteiger partial charge >= 0.3 is 4.87 Å². The van der Waals surface area contributed by atoms with Crippen LogP contribution >= 0.6 is 11.3 Å². The molecule has 7 heteroatoms. The van der Waals surface area contributed by atoms with Gasteiger partial charge in [0.1, 0.15) is 4.70 Å². The molecule has 2 aromatic rings. The van der Waals surface area contributed by atoms with E-state index in [1.54, 1.807) is 0 Å². The molecule has 17 heavy (non-hydrogen) atoms. The van der Waals surface area contributed by atoms with Gasteiger partial charge in [0, 0.05) is 6.54 Å². The van der Waals surface area contributed by atoms with E-state index in [0.717, 1.165) is 16.9 Å². The van der Waals surface area contributed by atoms with E-state index in [4.69, 9.17) is 5.73 Å². The predicted octanol–water partition coefficient (Wildman–Crippen LogP) is 0.695. The zero-order valence-corrected chi connectivity index (χ0v) is 10.3. The van der Waals surface area contributed by atoms with Crippen molar-refractivity contribution in [2.45, 2.75) is 20.4 Å². The van der Waals surface area contributed by atoms with Crippen molar-refractivity contribution in [2.75, 3.05) is 5.73 Å². The predicted molar refractivity (Wildman–Crippen MR) is 68.3 cm³/mol. The number of hydrogen-bond acceptors (Lipinski definition) is 5. The van der Waals surface area contributed by atoms with Crippen LogP contribution in [0.2, 0.25) is 0 Å². The van der Waals surface area contributed by atoms with Crippen LogP contribution in [-0.2, 0) is 6.54 Å². The smallest absolute Gasteiger partial charge is 0.309 e. The van der Waals surface area contributed by atoms with E-state index >= 15 is 0 Å². The molecule has 0 bridgehead atoms. The van der Waals surface area contributed by atoms with Gasteiger partial charge in [0.05, 0.1) is 0 Å². The van der Waals surface area contributed by atoms with Crippen LogP contribution in [0.5, 0.6) is 0 Å². The number of fused-ring (bicyclic) bond motifs is 1. The van der Waals surface area contributed by atoms with Crippen LogP contribution in [0.15, 0.2) is 21.2 Å². The molecule has 0 saturated heterocycles. The number of H-pyrrole nitrogens is 1. The summed E-state index contributed by atoms with van der Waals surface area (Å²) in [5.41, 5.74) is 6.53. The van der Waals surface area contributed by atoms with Crippen molar-refractivity contribution in [3.63, 3.8) is 0 Å². The number of anilines is 1. The van der Waals surface area contributed by atoms with Crippen LogP contribution < -0.4 is 16.2 Å². The SMILES string of the molecule is CC(C)=CCn1c(=O)sc2c(=O)[nH]c(N)nc21. The molecule has 0 fully saturated rings. The van der Waals surface area contributed by atoms with Gasteiger partial charge in [0.25, 0.3) is 5.56 Å². The molecule has 0 radical (unpaired) electrons. The van der Waals surface area contributed by atoms with Gasteiger partial charge in [-0.2, -0.15) is 4.98 Å². The van der Waals surface area contributed by atoms with Crippen LogP contribution in [0.3, 0.4) is 0 Å². The Balaban J connectivity index is 2.71. The van der Waals surface area contributed by atoms with Gasteiger partial charge in [-0.15, -0.1) is 0 Å². The minimum absolute atomic E-state index is 0.0197. The van der Waals surface area contributed by atoms with Crippen molar-refractivity contribution in [3.05, 3.63) is 31.7 Å². The van der Waals surface area contributed by atoms with Crippen LogP contribution in [0.1, 0.15) is 13.8 Å². The Morgan fingerprint density at radius 3 is 2.88 bits per heavy atom. The van der Waals surface area contributed by atoms with Gasteiger partial charge in [-0.25, -0.2) is 0 Å². The third-order valence-corrected chi connectivity index (χ3v) is 3.19.